The largest absolute Gasteiger partial charge is 0.321 e. The van der Waals surface area contributed by atoms with Crippen LogP contribution in [-0.2, 0) is 12.0 Å². The monoisotopic (exact) mass is 279 g/mol. The minimum Gasteiger partial charge on any atom is -0.321 e. The second kappa shape index (κ2) is 5.31. The molecule has 0 fully saturated rings. The molecule has 0 bridgehead atoms. The molecule has 94 valence electrons. The standard InChI is InChI=1S/C15H15Cl2N/c1-15(18,12-5-3-2-4-6-12)10-11-7-8-13(16)14(17)9-11/h2-9H,10,18H2,1H3. The lowest BCUT2D eigenvalue weighted by Crippen LogP contribution is -2.35. The number of halogens is 2. The Morgan fingerprint density at radius 1 is 1.00 bits per heavy atom. The molecule has 0 aliphatic rings. The normalized spacial score (nSPS) is 14.2. The van der Waals surface area contributed by atoms with Gasteiger partial charge in [-0.25, -0.2) is 0 Å². The van der Waals surface area contributed by atoms with E-state index in [1.165, 1.54) is 0 Å². The van der Waals surface area contributed by atoms with Crippen LogP contribution in [0.5, 0.6) is 0 Å². The van der Waals surface area contributed by atoms with Gasteiger partial charge in [0.15, 0.2) is 0 Å². The first kappa shape index (κ1) is 13.4. The fourth-order valence-electron chi connectivity index (χ4n) is 1.99. The molecule has 3 heteroatoms. The maximum absolute atomic E-state index is 6.38. The zero-order valence-electron chi connectivity index (χ0n) is 10.2. The van der Waals surface area contributed by atoms with E-state index < -0.39 is 5.54 Å². The van der Waals surface area contributed by atoms with Crippen LogP contribution >= 0.6 is 23.2 Å². The smallest absolute Gasteiger partial charge is 0.0595 e. The topological polar surface area (TPSA) is 26.0 Å². The van der Waals surface area contributed by atoms with Crippen molar-refractivity contribution >= 4 is 23.2 Å². The number of nitrogens with two attached hydrogens (primary N) is 1. The Morgan fingerprint density at radius 2 is 1.67 bits per heavy atom. The molecule has 0 saturated carbocycles. The van der Waals surface area contributed by atoms with Gasteiger partial charge in [-0.1, -0.05) is 59.6 Å². The van der Waals surface area contributed by atoms with E-state index in [2.05, 4.69) is 0 Å². The molecule has 2 aromatic rings. The Hall–Kier alpha value is -1.02. The fraction of sp³-hybridized carbons (Fsp3) is 0.200. The third kappa shape index (κ3) is 3.05. The van der Waals surface area contributed by atoms with Gasteiger partial charge in [-0.2, -0.15) is 0 Å². The maximum atomic E-state index is 6.38. The van der Waals surface area contributed by atoms with E-state index in [4.69, 9.17) is 28.9 Å². The Bertz CT molecular complexity index is 535. The van der Waals surface area contributed by atoms with E-state index in [0.29, 0.717) is 16.5 Å². The van der Waals surface area contributed by atoms with Crippen LogP contribution < -0.4 is 5.73 Å². The average Bonchev–Trinajstić information content (AvgIpc) is 2.35. The van der Waals surface area contributed by atoms with Gasteiger partial charge in [0.1, 0.15) is 0 Å². The van der Waals surface area contributed by atoms with Gasteiger partial charge >= 0.3 is 0 Å². The molecule has 0 saturated heterocycles. The first-order valence-electron chi connectivity index (χ1n) is 5.77. The summed E-state index contributed by atoms with van der Waals surface area (Å²) >= 11 is 11.9. The molecule has 0 heterocycles. The predicted molar refractivity (Wildman–Crippen MR) is 78.1 cm³/mol. The molecule has 1 nitrogen and oxygen atoms in total. The maximum Gasteiger partial charge on any atom is 0.0595 e. The zero-order valence-corrected chi connectivity index (χ0v) is 11.7. The summed E-state index contributed by atoms with van der Waals surface area (Å²) in [4.78, 5) is 0. The highest BCUT2D eigenvalue weighted by molar-refractivity contribution is 6.42. The second-order valence-electron chi connectivity index (χ2n) is 4.71. The fourth-order valence-corrected chi connectivity index (χ4v) is 2.32. The van der Waals surface area contributed by atoms with Gasteiger partial charge < -0.3 is 5.73 Å². The first-order chi connectivity index (χ1) is 8.49. The molecular weight excluding hydrogens is 265 g/mol. The lowest BCUT2D eigenvalue weighted by Gasteiger charge is -2.25. The van der Waals surface area contributed by atoms with E-state index in [1.54, 1.807) is 6.07 Å². The highest BCUT2D eigenvalue weighted by atomic mass is 35.5. The molecule has 1 unspecified atom stereocenters. The molecule has 2 rings (SSSR count). The van der Waals surface area contributed by atoms with Crippen molar-refractivity contribution in [3.8, 4) is 0 Å². The quantitative estimate of drug-likeness (QED) is 0.885. The summed E-state index contributed by atoms with van der Waals surface area (Å²) in [5.74, 6) is 0. The third-order valence-corrected chi connectivity index (χ3v) is 3.73. The van der Waals surface area contributed by atoms with Crippen LogP contribution in [0.15, 0.2) is 48.5 Å². The van der Waals surface area contributed by atoms with E-state index in [0.717, 1.165) is 11.1 Å². The summed E-state index contributed by atoms with van der Waals surface area (Å²) in [5.41, 5.74) is 8.15. The van der Waals surface area contributed by atoms with Crippen molar-refractivity contribution < 1.29 is 0 Å². The van der Waals surface area contributed by atoms with Gasteiger partial charge in [-0.15, -0.1) is 0 Å². The summed E-state index contributed by atoms with van der Waals surface area (Å²) < 4.78 is 0. The summed E-state index contributed by atoms with van der Waals surface area (Å²) in [6.45, 7) is 2.02. The lowest BCUT2D eigenvalue weighted by molar-refractivity contribution is 0.491. The number of benzene rings is 2. The number of rotatable bonds is 3. The Kier molecular flexibility index (Phi) is 3.96. The van der Waals surface area contributed by atoms with Crippen molar-refractivity contribution in [1.29, 1.82) is 0 Å². The molecule has 0 amide bonds. The molecule has 2 aromatic carbocycles. The molecule has 0 aliphatic carbocycles. The molecule has 18 heavy (non-hydrogen) atoms. The van der Waals surface area contributed by atoms with Crippen molar-refractivity contribution in [3.05, 3.63) is 69.7 Å². The minimum absolute atomic E-state index is 0.418. The van der Waals surface area contributed by atoms with Crippen molar-refractivity contribution in [2.45, 2.75) is 18.9 Å². The van der Waals surface area contributed by atoms with Gasteiger partial charge in [0, 0.05) is 5.54 Å². The average molecular weight is 280 g/mol. The van der Waals surface area contributed by atoms with E-state index in [1.807, 2.05) is 49.4 Å². The summed E-state index contributed by atoms with van der Waals surface area (Å²) in [7, 11) is 0. The predicted octanol–water partition coefficient (Wildman–Crippen LogP) is 4.41. The highest BCUT2D eigenvalue weighted by Crippen LogP contribution is 2.27. The van der Waals surface area contributed by atoms with Crippen LogP contribution in [0, 0.1) is 0 Å². The molecule has 0 aromatic heterocycles. The van der Waals surface area contributed by atoms with Crippen molar-refractivity contribution in [3.63, 3.8) is 0 Å². The van der Waals surface area contributed by atoms with Gasteiger partial charge in [0.25, 0.3) is 0 Å². The summed E-state index contributed by atoms with van der Waals surface area (Å²) in [6.07, 6.45) is 0.716. The van der Waals surface area contributed by atoms with Gasteiger partial charge in [-0.3, -0.25) is 0 Å². The molecule has 0 aliphatic heterocycles. The van der Waals surface area contributed by atoms with E-state index in [-0.39, 0.29) is 0 Å². The lowest BCUT2D eigenvalue weighted by atomic mass is 9.87. The van der Waals surface area contributed by atoms with E-state index in [9.17, 15) is 0 Å². The number of hydrogen-bond donors (Lipinski definition) is 1. The Morgan fingerprint density at radius 3 is 2.28 bits per heavy atom. The van der Waals surface area contributed by atoms with Gasteiger partial charge in [0.05, 0.1) is 10.0 Å². The minimum atomic E-state index is -0.418. The van der Waals surface area contributed by atoms with Gasteiger partial charge in [0.2, 0.25) is 0 Å². The zero-order chi connectivity index (χ0) is 13.2. The first-order valence-corrected chi connectivity index (χ1v) is 6.53. The summed E-state index contributed by atoms with van der Waals surface area (Å²) in [5, 5.41) is 1.14. The summed E-state index contributed by atoms with van der Waals surface area (Å²) in [6, 6.07) is 15.7. The molecule has 0 spiro atoms. The number of hydrogen-bond acceptors (Lipinski definition) is 1. The highest BCUT2D eigenvalue weighted by Gasteiger charge is 2.21. The Balaban J connectivity index is 2.25. The van der Waals surface area contributed by atoms with Crippen LogP contribution in [0.25, 0.3) is 0 Å². The van der Waals surface area contributed by atoms with Crippen molar-refractivity contribution in [2.24, 2.45) is 5.73 Å². The third-order valence-electron chi connectivity index (χ3n) is 2.99. The van der Waals surface area contributed by atoms with Crippen LogP contribution in [0.3, 0.4) is 0 Å². The van der Waals surface area contributed by atoms with E-state index >= 15 is 0 Å². The second-order valence-corrected chi connectivity index (χ2v) is 5.52. The van der Waals surface area contributed by atoms with Crippen LogP contribution in [0.1, 0.15) is 18.1 Å². The molecule has 2 N–H and O–H groups in total. The van der Waals surface area contributed by atoms with Crippen LogP contribution in [-0.4, -0.2) is 0 Å². The molecule has 0 radical (unpaired) electrons. The molecular formula is C15H15Cl2N. The molecule has 1 atom stereocenters. The van der Waals surface area contributed by atoms with Crippen LogP contribution in [0.2, 0.25) is 10.0 Å². The van der Waals surface area contributed by atoms with Crippen molar-refractivity contribution in [2.75, 3.05) is 0 Å². The van der Waals surface area contributed by atoms with Crippen LogP contribution in [0.4, 0.5) is 0 Å². The SMILES string of the molecule is CC(N)(Cc1ccc(Cl)c(Cl)c1)c1ccccc1. The Labute approximate surface area is 118 Å². The van der Waals surface area contributed by atoms with Gasteiger partial charge in [-0.05, 0) is 36.6 Å². The van der Waals surface area contributed by atoms with Crippen molar-refractivity contribution in [1.82, 2.24) is 0 Å².